The van der Waals surface area contributed by atoms with Crippen molar-refractivity contribution >= 4 is 28.0 Å². The molecule has 0 saturated carbocycles. The summed E-state index contributed by atoms with van der Waals surface area (Å²) in [4.78, 5) is 11.9. The van der Waals surface area contributed by atoms with Crippen LogP contribution in [0.1, 0.15) is 11.1 Å². The lowest BCUT2D eigenvalue weighted by Crippen LogP contribution is -2.03. The highest BCUT2D eigenvalue weighted by Crippen LogP contribution is 2.33. The predicted molar refractivity (Wildman–Crippen MR) is 99.1 cm³/mol. The van der Waals surface area contributed by atoms with Crippen molar-refractivity contribution in [3.8, 4) is 17.2 Å². The van der Waals surface area contributed by atoms with Crippen molar-refractivity contribution in [1.29, 1.82) is 0 Å². The molecule has 2 rings (SSSR count). The molecule has 25 heavy (non-hydrogen) atoms. The molecule has 0 atom stereocenters. The summed E-state index contributed by atoms with van der Waals surface area (Å²) >= 11 is 3.39. The topological polar surface area (TPSA) is 54.0 Å². The fourth-order valence-electron chi connectivity index (χ4n) is 2.14. The van der Waals surface area contributed by atoms with Crippen molar-refractivity contribution < 1.29 is 23.7 Å². The third-order valence-electron chi connectivity index (χ3n) is 3.43. The summed E-state index contributed by atoms with van der Waals surface area (Å²) in [7, 11) is 4.72. The minimum atomic E-state index is -0.452. The number of ether oxygens (including phenoxy) is 4. The van der Waals surface area contributed by atoms with Crippen molar-refractivity contribution in [2.24, 2.45) is 0 Å². The predicted octanol–water partition coefficient (Wildman–Crippen LogP) is 4.23. The van der Waals surface area contributed by atoms with Gasteiger partial charge in [0, 0.05) is 11.6 Å². The number of carbonyl (C=O) groups excluding carboxylic acids is 1. The number of rotatable bonds is 7. The van der Waals surface area contributed by atoms with Gasteiger partial charge in [0.25, 0.3) is 0 Å². The molecule has 2 aromatic carbocycles. The van der Waals surface area contributed by atoms with Crippen LogP contribution in [-0.2, 0) is 16.1 Å². The molecule has 0 aromatic heterocycles. The Morgan fingerprint density at radius 1 is 1.04 bits per heavy atom. The highest BCUT2D eigenvalue weighted by molar-refractivity contribution is 9.10. The summed E-state index contributed by atoms with van der Waals surface area (Å²) in [5, 5.41) is 0. The summed E-state index contributed by atoms with van der Waals surface area (Å²) < 4.78 is 21.7. The van der Waals surface area contributed by atoms with Gasteiger partial charge < -0.3 is 18.9 Å². The minimum Gasteiger partial charge on any atom is -0.497 e. The Hall–Kier alpha value is -2.47. The minimum absolute atomic E-state index is 0.0775. The lowest BCUT2D eigenvalue weighted by atomic mass is 10.2. The van der Waals surface area contributed by atoms with E-state index in [4.69, 9.17) is 18.9 Å². The van der Waals surface area contributed by atoms with Crippen LogP contribution < -0.4 is 14.2 Å². The van der Waals surface area contributed by atoms with Gasteiger partial charge >= 0.3 is 5.97 Å². The van der Waals surface area contributed by atoms with E-state index in [1.165, 1.54) is 6.08 Å². The standard InChI is InChI=1S/C19H19BrO5/c1-22-15-6-4-5-13(9-15)7-8-19(21)25-12-14-10-18(24-3)16(20)11-17(14)23-2/h4-11H,12H2,1-3H3/b8-7+. The maximum atomic E-state index is 11.9. The first kappa shape index (κ1) is 18.9. The van der Waals surface area contributed by atoms with Crippen LogP contribution in [0.15, 0.2) is 46.9 Å². The van der Waals surface area contributed by atoms with E-state index in [2.05, 4.69) is 15.9 Å². The highest BCUT2D eigenvalue weighted by Gasteiger charge is 2.11. The van der Waals surface area contributed by atoms with E-state index in [9.17, 15) is 4.79 Å². The summed E-state index contributed by atoms with van der Waals surface area (Å²) in [6.45, 7) is 0.0775. The molecule has 0 aliphatic rings. The Balaban J connectivity index is 2.03. The molecule has 0 saturated heterocycles. The molecule has 0 radical (unpaired) electrons. The smallest absolute Gasteiger partial charge is 0.331 e. The molecule has 0 aliphatic heterocycles. The van der Waals surface area contributed by atoms with E-state index in [-0.39, 0.29) is 6.61 Å². The zero-order chi connectivity index (χ0) is 18.2. The molecule has 2 aromatic rings. The molecular formula is C19H19BrO5. The zero-order valence-corrected chi connectivity index (χ0v) is 15.8. The molecule has 0 heterocycles. The molecule has 0 unspecified atom stereocenters. The van der Waals surface area contributed by atoms with Crippen molar-refractivity contribution in [2.45, 2.75) is 6.61 Å². The van der Waals surface area contributed by atoms with E-state index in [1.54, 1.807) is 39.5 Å². The Bertz CT molecular complexity index is 770. The number of benzene rings is 2. The second-order valence-corrected chi connectivity index (χ2v) is 5.87. The summed E-state index contributed by atoms with van der Waals surface area (Å²) in [5.74, 6) is 1.52. The summed E-state index contributed by atoms with van der Waals surface area (Å²) in [6.07, 6.45) is 3.04. The first-order valence-electron chi connectivity index (χ1n) is 7.46. The summed E-state index contributed by atoms with van der Waals surface area (Å²) in [5.41, 5.74) is 1.56. The molecule has 6 heteroatoms. The second kappa shape index (κ2) is 9.13. The Morgan fingerprint density at radius 2 is 1.80 bits per heavy atom. The van der Waals surface area contributed by atoms with Gasteiger partial charge in [0.15, 0.2) is 0 Å². The van der Waals surface area contributed by atoms with Gasteiger partial charge in [-0.15, -0.1) is 0 Å². The highest BCUT2D eigenvalue weighted by atomic mass is 79.9. The van der Waals surface area contributed by atoms with Crippen molar-refractivity contribution in [3.63, 3.8) is 0 Å². The van der Waals surface area contributed by atoms with Gasteiger partial charge in [-0.05, 0) is 51.8 Å². The van der Waals surface area contributed by atoms with E-state index in [0.717, 1.165) is 15.8 Å². The number of halogens is 1. The maximum Gasteiger partial charge on any atom is 0.331 e. The van der Waals surface area contributed by atoms with Crippen LogP contribution >= 0.6 is 15.9 Å². The van der Waals surface area contributed by atoms with Crippen LogP contribution in [0.2, 0.25) is 0 Å². The quantitative estimate of drug-likeness (QED) is 0.508. The van der Waals surface area contributed by atoms with Crippen LogP contribution in [0.25, 0.3) is 6.08 Å². The average molecular weight is 407 g/mol. The molecule has 0 aliphatic carbocycles. The van der Waals surface area contributed by atoms with Crippen LogP contribution in [-0.4, -0.2) is 27.3 Å². The Morgan fingerprint density at radius 3 is 2.48 bits per heavy atom. The number of carbonyl (C=O) groups is 1. The molecule has 0 amide bonds. The van der Waals surface area contributed by atoms with Gasteiger partial charge in [0.1, 0.15) is 23.9 Å². The number of hydrogen-bond acceptors (Lipinski definition) is 5. The Labute approximate surface area is 155 Å². The largest absolute Gasteiger partial charge is 0.497 e. The van der Waals surface area contributed by atoms with Gasteiger partial charge in [-0.25, -0.2) is 4.79 Å². The molecule has 5 nitrogen and oxygen atoms in total. The van der Waals surface area contributed by atoms with E-state index in [0.29, 0.717) is 17.1 Å². The molecule has 0 fully saturated rings. The monoisotopic (exact) mass is 406 g/mol. The zero-order valence-electron chi connectivity index (χ0n) is 14.2. The van der Waals surface area contributed by atoms with Gasteiger partial charge in [-0.1, -0.05) is 12.1 Å². The summed E-state index contributed by atoms with van der Waals surface area (Å²) in [6, 6.07) is 10.9. The fraction of sp³-hybridized carbons (Fsp3) is 0.211. The molecular weight excluding hydrogens is 388 g/mol. The van der Waals surface area contributed by atoms with Crippen LogP contribution in [0.3, 0.4) is 0 Å². The van der Waals surface area contributed by atoms with E-state index < -0.39 is 5.97 Å². The molecule has 0 spiro atoms. The third-order valence-corrected chi connectivity index (χ3v) is 4.05. The van der Waals surface area contributed by atoms with Crippen molar-refractivity contribution in [2.75, 3.05) is 21.3 Å². The lowest BCUT2D eigenvalue weighted by molar-refractivity contribution is -0.138. The maximum absolute atomic E-state index is 11.9. The first-order valence-corrected chi connectivity index (χ1v) is 8.26. The van der Waals surface area contributed by atoms with Gasteiger partial charge in [0.2, 0.25) is 0 Å². The van der Waals surface area contributed by atoms with Crippen molar-refractivity contribution in [1.82, 2.24) is 0 Å². The molecule has 0 bridgehead atoms. The first-order chi connectivity index (χ1) is 12.1. The van der Waals surface area contributed by atoms with Gasteiger partial charge in [0.05, 0.1) is 25.8 Å². The number of hydrogen-bond donors (Lipinski definition) is 0. The van der Waals surface area contributed by atoms with E-state index in [1.807, 2.05) is 24.3 Å². The average Bonchev–Trinajstić information content (AvgIpc) is 2.65. The van der Waals surface area contributed by atoms with Crippen LogP contribution in [0.5, 0.6) is 17.2 Å². The number of esters is 1. The second-order valence-electron chi connectivity index (χ2n) is 5.02. The molecule has 132 valence electrons. The SMILES string of the molecule is COc1cccc(/C=C/C(=O)OCc2cc(OC)c(Br)cc2OC)c1. The third kappa shape index (κ3) is 5.26. The molecule has 0 N–H and O–H groups in total. The van der Waals surface area contributed by atoms with Crippen LogP contribution in [0, 0.1) is 0 Å². The normalized spacial score (nSPS) is 10.6. The van der Waals surface area contributed by atoms with E-state index >= 15 is 0 Å². The fourth-order valence-corrected chi connectivity index (χ4v) is 2.63. The van der Waals surface area contributed by atoms with Crippen LogP contribution in [0.4, 0.5) is 0 Å². The lowest BCUT2D eigenvalue weighted by Gasteiger charge is -2.12. The van der Waals surface area contributed by atoms with Crippen molar-refractivity contribution in [3.05, 3.63) is 58.1 Å². The Kier molecular flexibility index (Phi) is 6.89. The van der Waals surface area contributed by atoms with Gasteiger partial charge in [-0.3, -0.25) is 0 Å². The van der Waals surface area contributed by atoms with Gasteiger partial charge in [-0.2, -0.15) is 0 Å². The number of methoxy groups -OCH3 is 3.